The minimum atomic E-state index is -3.26. The largest absolute Gasteiger partial charge is 0.465 e. The quantitative estimate of drug-likeness (QED) is 0.739. The van der Waals surface area contributed by atoms with Crippen molar-refractivity contribution in [1.29, 1.82) is 0 Å². The van der Waals surface area contributed by atoms with Gasteiger partial charge in [0.15, 0.2) is 0 Å². The van der Waals surface area contributed by atoms with Crippen LogP contribution in [0.2, 0.25) is 0 Å². The molecule has 1 unspecified atom stereocenters. The van der Waals surface area contributed by atoms with Gasteiger partial charge in [-0.15, -0.1) is 0 Å². The molecule has 0 spiro atoms. The number of rotatable bonds is 3. The van der Waals surface area contributed by atoms with Crippen LogP contribution < -0.4 is 4.31 Å². The average Bonchev–Trinajstić information content (AvgIpc) is 3.15. The van der Waals surface area contributed by atoms with Crippen LogP contribution in [0, 0.1) is 0 Å². The summed E-state index contributed by atoms with van der Waals surface area (Å²) in [5.41, 5.74) is 2.80. The molecular weight excluding hydrogens is 366 g/mol. The number of carbonyl (C=O) groups is 1. The second-order valence-electron chi connectivity index (χ2n) is 6.89. The summed E-state index contributed by atoms with van der Waals surface area (Å²) < 4.78 is 25.8. The van der Waals surface area contributed by atoms with Crippen molar-refractivity contribution in [2.24, 2.45) is 0 Å². The smallest absolute Gasteiger partial charge is 0.407 e. The fourth-order valence-corrected chi connectivity index (χ4v) is 5.70. The van der Waals surface area contributed by atoms with E-state index in [-0.39, 0.29) is 12.6 Å². The van der Waals surface area contributed by atoms with Gasteiger partial charge in [-0.05, 0) is 34.6 Å². The van der Waals surface area contributed by atoms with E-state index in [9.17, 15) is 19.0 Å². The number of hydrogen-bond acceptors (Lipinski definition) is 5. The van der Waals surface area contributed by atoms with Gasteiger partial charge in [0, 0.05) is 19.6 Å². The van der Waals surface area contributed by atoms with E-state index in [1.165, 1.54) is 4.90 Å². The Morgan fingerprint density at radius 2 is 1.78 bits per heavy atom. The summed E-state index contributed by atoms with van der Waals surface area (Å²) >= 11 is 0. The SMILES string of the molecule is O=C(O)N1CCC(N2Cc3ccccc3N(Cc3ccccc3)S2(O)O)C1. The zero-order chi connectivity index (χ0) is 19.0. The number of carboxylic acid groups (broad SMARTS) is 1. The number of nitrogens with zero attached hydrogens (tertiary/aromatic N) is 3. The Balaban J connectivity index is 1.68. The Morgan fingerprint density at radius 1 is 1.07 bits per heavy atom. The number of amides is 1. The van der Waals surface area contributed by atoms with Crippen molar-refractivity contribution in [3.8, 4) is 0 Å². The molecular formula is C19H23N3O4S. The topological polar surface area (TPSA) is 87.5 Å². The van der Waals surface area contributed by atoms with Crippen molar-refractivity contribution in [3.63, 3.8) is 0 Å². The summed E-state index contributed by atoms with van der Waals surface area (Å²) in [4.78, 5) is 12.6. The fourth-order valence-electron chi connectivity index (χ4n) is 3.80. The van der Waals surface area contributed by atoms with Crippen molar-refractivity contribution in [1.82, 2.24) is 9.21 Å². The molecule has 2 heterocycles. The molecule has 1 amide bonds. The first kappa shape index (κ1) is 18.1. The molecule has 2 aliphatic heterocycles. The van der Waals surface area contributed by atoms with Gasteiger partial charge in [-0.2, -0.15) is 4.31 Å². The second-order valence-corrected chi connectivity index (χ2v) is 8.78. The summed E-state index contributed by atoms with van der Waals surface area (Å²) in [6.07, 6.45) is -0.378. The molecule has 1 fully saturated rings. The van der Waals surface area contributed by atoms with Crippen molar-refractivity contribution in [2.45, 2.75) is 25.6 Å². The van der Waals surface area contributed by atoms with Crippen LogP contribution in [0.3, 0.4) is 0 Å². The van der Waals surface area contributed by atoms with Crippen LogP contribution in [0.15, 0.2) is 54.6 Å². The molecule has 0 aromatic heterocycles. The number of fused-ring (bicyclic) bond motifs is 1. The fraction of sp³-hybridized carbons (Fsp3) is 0.316. The highest BCUT2D eigenvalue weighted by atomic mass is 32.3. The first-order valence-corrected chi connectivity index (χ1v) is 10.4. The number of hydrogen-bond donors (Lipinski definition) is 3. The number of para-hydroxylation sites is 1. The lowest BCUT2D eigenvalue weighted by atomic mass is 10.1. The van der Waals surface area contributed by atoms with Gasteiger partial charge in [-0.25, -0.2) is 4.79 Å². The normalized spacial score (nSPS) is 23.1. The minimum Gasteiger partial charge on any atom is -0.465 e. The van der Waals surface area contributed by atoms with E-state index in [2.05, 4.69) is 0 Å². The maximum absolute atomic E-state index is 11.3. The highest BCUT2D eigenvalue weighted by Gasteiger charge is 2.43. The number of likely N-dealkylation sites (tertiary alicyclic amines) is 1. The predicted octanol–water partition coefficient (Wildman–Crippen LogP) is 3.84. The van der Waals surface area contributed by atoms with Crippen LogP contribution in [0.1, 0.15) is 17.5 Å². The van der Waals surface area contributed by atoms with E-state index >= 15 is 0 Å². The average molecular weight is 389 g/mol. The van der Waals surface area contributed by atoms with E-state index < -0.39 is 17.1 Å². The van der Waals surface area contributed by atoms with Gasteiger partial charge in [0.2, 0.25) is 0 Å². The van der Waals surface area contributed by atoms with Gasteiger partial charge in [0.1, 0.15) is 0 Å². The molecule has 0 radical (unpaired) electrons. The van der Waals surface area contributed by atoms with Crippen LogP contribution in [0.25, 0.3) is 0 Å². The lowest BCUT2D eigenvalue weighted by Crippen LogP contribution is -2.48. The van der Waals surface area contributed by atoms with Crippen molar-refractivity contribution < 1.29 is 19.0 Å². The summed E-state index contributed by atoms with van der Waals surface area (Å²) in [6.45, 7) is 1.45. The second kappa shape index (κ2) is 7.05. The number of anilines is 1. The molecule has 144 valence electrons. The highest BCUT2D eigenvalue weighted by Crippen LogP contribution is 2.57. The molecule has 8 heteroatoms. The molecule has 0 aliphatic carbocycles. The van der Waals surface area contributed by atoms with Crippen LogP contribution in [-0.2, 0) is 13.1 Å². The van der Waals surface area contributed by atoms with Crippen molar-refractivity contribution >= 4 is 22.7 Å². The summed E-state index contributed by atoms with van der Waals surface area (Å²) in [6, 6.07) is 17.2. The third-order valence-corrected chi connectivity index (χ3v) is 7.18. The van der Waals surface area contributed by atoms with Crippen molar-refractivity contribution in [3.05, 3.63) is 65.7 Å². The molecule has 3 N–H and O–H groups in total. The number of benzene rings is 2. The Kier molecular flexibility index (Phi) is 4.73. The van der Waals surface area contributed by atoms with E-state index in [4.69, 9.17) is 0 Å². The standard InChI is InChI=1S/C19H23N3O4S/c23-19(24)20-11-10-17(14-20)21-13-16-8-4-5-9-18(16)22(27(21,25)26)12-15-6-2-1-3-7-15/h1-9,17,25-26H,10-14H2,(H,23,24). The first-order chi connectivity index (χ1) is 13.0. The van der Waals surface area contributed by atoms with E-state index in [1.54, 1.807) is 8.61 Å². The van der Waals surface area contributed by atoms with Gasteiger partial charge in [0.05, 0.1) is 18.3 Å². The molecule has 1 atom stereocenters. The van der Waals surface area contributed by atoms with Gasteiger partial charge < -0.3 is 10.0 Å². The molecule has 0 bridgehead atoms. The molecule has 4 rings (SSSR count). The zero-order valence-electron chi connectivity index (χ0n) is 14.8. The minimum absolute atomic E-state index is 0.224. The first-order valence-electron chi connectivity index (χ1n) is 8.89. The van der Waals surface area contributed by atoms with Gasteiger partial charge in [-0.3, -0.25) is 13.4 Å². The van der Waals surface area contributed by atoms with Crippen LogP contribution in [0.5, 0.6) is 0 Å². The Hall–Kier alpha value is -2.26. The predicted molar refractivity (Wildman–Crippen MR) is 105 cm³/mol. The van der Waals surface area contributed by atoms with E-state index in [1.807, 2.05) is 54.6 Å². The van der Waals surface area contributed by atoms with E-state index in [0.29, 0.717) is 26.1 Å². The molecule has 0 saturated carbocycles. The summed E-state index contributed by atoms with van der Waals surface area (Å²) in [5.74, 6) is 0. The van der Waals surface area contributed by atoms with E-state index in [0.717, 1.165) is 16.8 Å². The maximum atomic E-state index is 11.3. The maximum Gasteiger partial charge on any atom is 0.407 e. The highest BCUT2D eigenvalue weighted by molar-refractivity contribution is 8.23. The van der Waals surface area contributed by atoms with Gasteiger partial charge in [-0.1, -0.05) is 48.5 Å². The Morgan fingerprint density at radius 3 is 2.48 bits per heavy atom. The van der Waals surface area contributed by atoms with Gasteiger partial charge >= 0.3 is 6.09 Å². The zero-order valence-corrected chi connectivity index (χ0v) is 15.6. The molecule has 2 aliphatic rings. The summed E-state index contributed by atoms with van der Waals surface area (Å²) in [7, 11) is -3.26. The Labute approximate surface area is 160 Å². The van der Waals surface area contributed by atoms with Crippen LogP contribution in [0.4, 0.5) is 10.5 Å². The van der Waals surface area contributed by atoms with Crippen molar-refractivity contribution in [2.75, 3.05) is 17.4 Å². The molecule has 27 heavy (non-hydrogen) atoms. The molecule has 7 nitrogen and oxygen atoms in total. The molecule has 2 aromatic carbocycles. The summed E-state index contributed by atoms with van der Waals surface area (Å²) in [5, 5.41) is 9.24. The van der Waals surface area contributed by atoms with Crippen LogP contribution in [-0.4, -0.2) is 48.6 Å². The molecule has 1 saturated heterocycles. The van der Waals surface area contributed by atoms with Crippen LogP contribution >= 0.6 is 11.0 Å². The third-order valence-electron chi connectivity index (χ3n) is 5.21. The monoisotopic (exact) mass is 389 g/mol. The lowest BCUT2D eigenvalue weighted by Gasteiger charge is -2.55. The Bertz CT molecular complexity index is 833. The lowest BCUT2D eigenvalue weighted by molar-refractivity contribution is 0.152. The third kappa shape index (κ3) is 3.37. The molecule has 2 aromatic rings. The van der Waals surface area contributed by atoms with Gasteiger partial charge in [0.25, 0.3) is 0 Å².